The predicted octanol–water partition coefficient (Wildman–Crippen LogP) is 3.03. The Morgan fingerprint density at radius 2 is 2.00 bits per heavy atom. The minimum atomic E-state index is 0.709. The summed E-state index contributed by atoms with van der Waals surface area (Å²) in [5.74, 6) is 0. The zero-order valence-electron chi connectivity index (χ0n) is 7.46. The van der Waals surface area contributed by atoms with Crippen LogP contribution in [0.4, 0.5) is 0 Å². The molecule has 2 rings (SSSR count). The van der Waals surface area contributed by atoms with Gasteiger partial charge in [0.1, 0.15) is 0 Å². The van der Waals surface area contributed by atoms with Crippen molar-refractivity contribution in [1.29, 1.82) is 0 Å². The molecule has 2 aliphatic rings. The maximum Gasteiger partial charge on any atom is 0.176 e. The molecule has 1 aliphatic carbocycles. The van der Waals surface area contributed by atoms with Crippen molar-refractivity contribution < 1.29 is 0 Å². The molecule has 1 heteroatoms. The molecule has 0 spiro atoms. The first-order chi connectivity index (χ1) is 5.88. The first-order valence-electron chi connectivity index (χ1n) is 4.61. The highest BCUT2D eigenvalue weighted by atomic mass is 14.1. The molecule has 1 heterocycles. The molecule has 1 aliphatic heterocycles. The van der Waals surface area contributed by atoms with Gasteiger partial charge in [0.05, 0.1) is 0 Å². The van der Waals surface area contributed by atoms with E-state index in [2.05, 4.69) is 43.3 Å². The second-order valence-corrected chi connectivity index (χ2v) is 3.51. The van der Waals surface area contributed by atoms with E-state index < -0.39 is 0 Å². The Bertz CT molecular complexity index is 292. The van der Waals surface area contributed by atoms with Crippen LogP contribution in [0.1, 0.15) is 6.42 Å². The van der Waals surface area contributed by atoms with Crippen LogP contribution in [0.2, 0.25) is 13.1 Å². The minimum absolute atomic E-state index is 0.709. The molecule has 0 aromatic rings. The number of hydrogen-bond acceptors (Lipinski definition) is 0. The first-order valence-corrected chi connectivity index (χ1v) is 4.61. The quantitative estimate of drug-likeness (QED) is 0.512. The van der Waals surface area contributed by atoms with Crippen LogP contribution in [0.15, 0.2) is 47.5 Å². The van der Waals surface area contributed by atoms with Crippen LogP contribution in [0, 0.1) is 0 Å². The van der Waals surface area contributed by atoms with E-state index >= 15 is 0 Å². The number of hydrogen-bond donors (Lipinski definition) is 0. The van der Waals surface area contributed by atoms with Gasteiger partial charge in [0.2, 0.25) is 0 Å². The molecule has 0 saturated heterocycles. The van der Waals surface area contributed by atoms with Gasteiger partial charge in [0.25, 0.3) is 0 Å². The zero-order valence-corrected chi connectivity index (χ0v) is 7.46. The first kappa shape index (κ1) is 7.66. The Balaban J connectivity index is 2.21. The normalized spacial score (nSPS) is 21.2. The molecule has 0 unspecified atom stereocenters. The molecule has 60 valence electrons. The summed E-state index contributed by atoms with van der Waals surface area (Å²) in [7, 11) is 0. The monoisotopic (exact) mass is 156 g/mol. The lowest BCUT2D eigenvalue weighted by Gasteiger charge is -2.15. The molecule has 0 fully saturated rings. The van der Waals surface area contributed by atoms with Gasteiger partial charge >= 0.3 is 0 Å². The van der Waals surface area contributed by atoms with Crippen LogP contribution in [0.3, 0.4) is 0 Å². The van der Waals surface area contributed by atoms with E-state index in [0.717, 1.165) is 6.42 Å². The van der Waals surface area contributed by atoms with E-state index in [0.29, 0.717) is 6.71 Å². The molecule has 0 aromatic heterocycles. The molecule has 0 N–H and O–H groups in total. The van der Waals surface area contributed by atoms with Crippen LogP contribution in [-0.2, 0) is 0 Å². The Labute approximate surface area is 74.4 Å². The summed E-state index contributed by atoms with van der Waals surface area (Å²) >= 11 is 0. The zero-order chi connectivity index (χ0) is 8.39. The number of allylic oxidation sites excluding steroid dienone is 8. The summed E-state index contributed by atoms with van der Waals surface area (Å²) in [6.07, 6.45) is 15.6. The van der Waals surface area contributed by atoms with Crippen molar-refractivity contribution in [2.75, 3.05) is 0 Å². The SMILES string of the molecule is CB1CC=CC=C1C1=CC=CC1. The van der Waals surface area contributed by atoms with Crippen molar-refractivity contribution in [3.05, 3.63) is 47.5 Å². The largest absolute Gasteiger partial charge is 0.176 e. The standard InChI is InChI=1S/C11H13B/c1-12-9-5-4-8-11(12)10-6-2-3-7-10/h2-6,8H,7,9H2,1H3. The average Bonchev–Trinajstić information content (AvgIpc) is 2.57. The van der Waals surface area contributed by atoms with Gasteiger partial charge in [-0.2, -0.15) is 0 Å². The summed E-state index contributed by atoms with van der Waals surface area (Å²) in [4.78, 5) is 0. The van der Waals surface area contributed by atoms with Crippen LogP contribution in [0.5, 0.6) is 0 Å². The Hall–Kier alpha value is -0.975. The topological polar surface area (TPSA) is 0 Å². The summed E-state index contributed by atoms with van der Waals surface area (Å²) in [6, 6.07) is 0. The summed E-state index contributed by atoms with van der Waals surface area (Å²) < 4.78 is 0. The predicted molar refractivity (Wildman–Crippen MR) is 55.5 cm³/mol. The molecule has 0 bridgehead atoms. The van der Waals surface area contributed by atoms with Crippen molar-refractivity contribution in [2.45, 2.75) is 19.6 Å². The van der Waals surface area contributed by atoms with Gasteiger partial charge in [0.15, 0.2) is 6.71 Å². The van der Waals surface area contributed by atoms with Crippen molar-refractivity contribution in [3.63, 3.8) is 0 Å². The van der Waals surface area contributed by atoms with Gasteiger partial charge in [-0.1, -0.05) is 55.1 Å². The van der Waals surface area contributed by atoms with E-state index in [1.165, 1.54) is 17.4 Å². The van der Waals surface area contributed by atoms with E-state index in [-0.39, 0.29) is 0 Å². The molecule has 0 nitrogen and oxygen atoms in total. The molecule has 0 aromatic carbocycles. The van der Waals surface area contributed by atoms with E-state index in [1.807, 2.05) is 0 Å². The van der Waals surface area contributed by atoms with Crippen LogP contribution in [-0.4, -0.2) is 6.71 Å². The smallest absolute Gasteiger partial charge is 0.0914 e. The van der Waals surface area contributed by atoms with Gasteiger partial charge in [0, 0.05) is 0 Å². The number of rotatable bonds is 1. The summed E-state index contributed by atoms with van der Waals surface area (Å²) in [5.41, 5.74) is 3.04. The van der Waals surface area contributed by atoms with Gasteiger partial charge in [-0.3, -0.25) is 0 Å². The van der Waals surface area contributed by atoms with Crippen LogP contribution < -0.4 is 0 Å². The maximum atomic E-state index is 2.30. The fourth-order valence-corrected chi connectivity index (χ4v) is 1.83. The molecule has 0 atom stereocenters. The second-order valence-electron chi connectivity index (χ2n) is 3.51. The molecule has 12 heavy (non-hydrogen) atoms. The fraction of sp³-hybridized carbons (Fsp3) is 0.273. The third-order valence-electron chi connectivity index (χ3n) is 2.57. The second kappa shape index (κ2) is 3.18. The Morgan fingerprint density at radius 3 is 2.67 bits per heavy atom. The summed E-state index contributed by atoms with van der Waals surface area (Å²) in [6.45, 7) is 3.01. The van der Waals surface area contributed by atoms with Gasteiger partial charge in [-0.05, 0) is 12.0 Å². The fourth-order valence-electron chi connectivity index (χ4n) is 1.83. The third-order valence-corrected chi connectivity index (χ3v) is 2.57. The van der Waals surface area contributed by atoms with Gasteiger partial charge in [-0.15, -0.1) is 0 Å². The lowest BCUT2D eigenvalue weighted by atomic mass is 9.41. The highest BCUT2D eigenvalue weighted by Gasteiger charge is 2.17. The lowest BCUT2D eigenvalue weighted by Crippen LogP contribution is -2.13. The van der Waals surface area contributed by atoms with E-state index in [4.69, 9.17) is 0 Å². The van der Waals surface area contributed by atoms with Crippen molar-refractivity contribution >= 4 is 6.71 Å². The Morgan fingerprint density at radius 1 is 1.17 bits per heavy atom. The Kier molecular flexibility index (Phi) is 2.03. The van der Waals surface area contributed by atoms with Crippen LogP contribution >= 0.6 is 0 Å². The van der Waals surface area contributed by atoms with Crippen molar-refractivity contribution in [1.82, 2.24) is 0 Å². The molecular weight excluding hydrogens is 143 g/mol. The molecule has 0 saturated carbocycles. The third kappa shape index (κ3) is 1.31. The molecular formula is C11H13B. The highest BCUT2D eigenvalue weighted by molar-refractivity contribution is 6.67. The molecule has 0 amide bonds. The summed E-state index contributed by atoms with van der Waals surface area (Å²) in [5, 5.41) is 0. The lowest BCUT2D eigenvalue weighted by molar-refractivity contribution is 1.29. The van der Waals surface area contributed by atoms with Gasteiger partial charge < -0.3 is 0 Å². The van der Waals surface area contributed by atoms with Crippen LogP contribution in [0.25, 0.3) is 0 Å². The average molecular weight is 156 g/mol. The molecule has 0 radical (unpaired) electrons. The minimum Gasteiger partial charge on any atom is -0.0914 e. The van der Waals surface area contributed by atoms with E-state index in [1.54, 1.807) is 0 Å². The van der Waals surface area contributed by atoms with Crippen molar-refractivity contribution in [3.8, 4) is 0 Å². The maximum absolute atomic E-state index is 2.30. The van der Waals surface area contributed by atoms with Crippen molar-refractivity contribution in [2.24, 2.45) is 0 Å². The van der Waals surface area contributed by atoms with E-state index in [9.17, 15) is 0 Å². The van der Waals surface area contributed by atoms with Gasteiger partial charge in [-0.25, -0.2) is 0 Å². The highest BCUT2D eigenvalue weighted by Crippen LogP contribution is 2.25.